The van der Waals surface area contributed by atoms with Crippen LogP contribution in [0.4, 0.5) is 0 Å². The number of Topliss-reactive ketones (excluding diaryl/α,β-unsaturated/α-hetero) is 1. The molecule has 0 radical (unpaired) electrons. The van der Waals surface area contributed by atoms with Crippen molar-refractivity contribution >= 4 is 17.5 Å². The Balaban J connectivity index is 1.50. The highest BCUT2D eigenvalue weighted by Gasteiger charge is 2.61. The fourth-order valence-electron chi connectivity index (χ4n) is 8.03. The Morgan fingerprint density at radius 2 is 1.90 bits per heavy atom. The molecule has 0 saturated heterocycles. The Bertz CT molecular complexity index is 838. The molecule has 0 aromatic heterocycles. The molecule has 0 aliphatic heterocycles. The van der Waals surface area contributed by atoms with Gasteiger partial charge in [0, 0.05) is 17.8 Å². The molecule has 170 valence electrons. The lowest BCUT2D eigenvalue weighted by Gasteiger charge is -2.57. The van der Waals surface area contributed by atoms with Gasteiger partial charge < -0.3 is 5.11 Å². The van der Waals surface area contributed by atoms with Gasteiger partial charge in [-0.2, -0.15) is 0 Å². The predicted octanol–water partition coefficient (Wildman–Crippen LogP) is 5.62. The van der Waals surface area contributed by atoms with Crippen LogP contribution in [0.5, 0.6) is 0 Å². The third kappa shape index (κ3) is 3.64. The van der Waals surface area contributed by atoms with E-state index in [9.17, 15) is 14.4 Å². The lowest BCUT2D eigenvalue weighted by Crippen LogP contribution is -2.50. The quantitative estimate of drug-likeness (QED) is 0.599. The van der Waals surface area contributed by atoms with E-state index in [4.69, 9.17) is 5.11 Å². The molecule has 4 aliphatic carbocycles. The lowest BCUT2D eigenvalue weighted by atomic mass is 9.47. The highest BCUT2D eigenvalue weighted by molar-refractivity contribution is 6.01. The summed E-state index contributed by atoms with van der Waals surface area (Å²) in [6.45, 7) is 8.66. The van der Waals surface area contributed by atoms with E-state index in [1.807, 2.05) is 6.08 Å². The van der Waals surface area contributed by atoms with Crippen LogP contribution >= 0.6 is 0 Å². The number of carbonyl (C=O) groups excluding carboxylic acids is 2. The minimum Gasteiger partial charge on any atom is -0.481 e. The van der Waals surface area contributed by atoms with Crippen LogP contribution in [0.15, 0.2) is 23.8 Å². The third-order valence-electron chi connectivity index (χ3n) is 9.76. The molecule has 0 heterocycles. The first-order valence-electron chi connectivity index (χ1n) is 12.3. The van der Waals surface area contributed by atoms with Crippen molar-refractivity contribution in [2.75, 3.05) is 0 Å². The van der Waals surface area contributed by atoms with Crippen LogP contribution in [0, 0.1) is 46.3 Å². The molecule has 8 atom stereocenters. The van der Waals surface area contributed by atoms with E-state index >= 15 is 0 Å². The number of carboxylic acids is 1. The third-order valence-corrected chi connectivity index (χ3v) is 9.76. The molecule has 3 saturated carbocycles. The topological polar surface area (TPSA) is 71.4 Å². The number of carboxylic acid groups (broad SMARTS) is 1. The van der Waals surface area contributed by atoms with E-state index in [-0.39, 0.29) is 28.4 Å². The normalized spacial score (nSPS) is 41.1. The van der Waals surface area contributed by atoms with Gasteiger partial charge >= 0.3 is 5.97 Å². The monoisotopic (exact) mass is 426 g/mol. The van der Waals surface area contributed by atoms with E-state index < -0.39 is 5.97 Å². The van der Waals surface area contributed by atoms with Crippen LogP contribution in [0.3, 0.4) is 0 Å². The SMILES string of the molecule is CC(CCC[C@@H](C)[C@H]1C(=O)C[C@H]2[C@@H]3CCC4=CC(=O)C=C[C@]4(C)[C@H]3CC[C@]12C)C(=O)O. The molecule has 1 unspecified atom stereocenters. The van der Waals surface area contributed by atoms with Crippen molar-refractivity contribution in [1.82, 2.24) is 0 Å². The molecule has 4 rings (SSSR count). The maximum atomic E-state index is 13.3. The van der Waals surface area contributed by atoms with E-state index in [0.717, 1.165) is 38.5 Å². The molecule has 0 spiro atoms. The van der Waals surface area contributed by atoms with Crippen LogP contribution in [0.25, 0.3) is 0 Å². The van der Waals surface area contributed by atoms with Crippen LogP contribution in [0.2, 0.25) is 0 Å². The number of ketones is 2. The van der Waals surface area contributed by atoms with E-state index in [1.54, 1.807) is 13.0 Å². The van der Waals surface area contributed by atoms with Crippen LogP contribution < -0.4 is 0 Å². The molecule has 0 aromatic carbocycles. The Hall–Kier alpha value is -1.71. The minimum absolute atomic E-state index is 0.0299. The Morgan fingerprint density at radius 3 is 2.61 bits per heavy atom. The molecule has 31 heavy (non-hydrogen) atoms. The number of aliphatic carboxylic acids is 1. The number of allylic oxidation sites excluding steroid dienone is 4. The van der Waals surface area contributed by atoms with Crippen molar-refractivity contribution in [3.8, 4) is 0 Å². The molecule has 0 bridgehead atoms. The summed E-state index contributed by atoms with van der Waals surface area (Å²) in [6.07, 6.45) is 13.2. The fraction of sp³-hybridized carbons (Fsp3) is 0.741. The lowest BCUT2D eigenvalue weighted by molar-refractivity contribution is -0.141. The van der Waals surface area contributed by atoms with Crippen molar-refractivity contribution in [1.29, 1.82) is 0 Å². The molecule has 3 fully saturated rings. The first kappa shape index (κ1) is 22.5. The largest absolute Gasteiger partial charge is 0.481 e. The number of hydrogen-bond donors (Lipinski definition) is 1. The van der Waals surface area contributed by atoms with E-state index in [1.165, 1.54) is 5.57 Å². The summed E-state index contributed by atoms with van der Waals surface area (Å²) in [6, 6.07) is 0. The molecule has 0 aromatic rings. The molecule has 1 N–H and O–H groups in total. The number of rotatable bonds is 6. The maximum Gasteiger partial charge on any atom is 0.306 e. The second-order valence-electron chi connectivity index (χ2n) is 11.4. The molecule has 4 nitrogen and oxygen atoms in total. The van der Waals surface area contributed by atoms with Gasteiger partial charge in [0.15, 0.2) is 5.78 Å². The molecular formula is C27H38O4. The van der Waals surface area contributed by atoms with Gasteiger partial charge in [-0.25, -0.2) is 0 Å². The molecule has 4 aliphatic rings. The van der Waals surface area contributed by atoms with E-state index in [2.05, 4.69) is 26.8 Å². The smallest absolute Gasteiger partial charge is 0.306 e. The van der Waals surface area contributed by atoms with Crippen molar-refractivity contribution in [3.63, 3.8) is 0 Å². The Morgan fingerprint density at radius 1 is 1.16 bits per heavy atom. The summed E-state index contributed by atoms with van der Waals surface area (Å²) in [5.74, 6) is 1.43. The Labute approximate surface area is 186 Å². The van der Waals surface area contributed by atoms with Gasteiger partial charge in [-0.1, -0.05) is 45.8 Å². The maximum absolute atomic E-state index is 13.3. The van der Waals surface area contributed by atoms with Gasteiger partial charge in [0.1, 0.15) is 5.78 Å². The molecule has 0 amide bonds. The molecular weight excluding hydrogens is 388 g/mol. The van der Waals surface area contributed by atoms with Crippen molar-refractivity contribution in [2.45, 2.75) is 79.1 Å². The zero-order valence-corrected chi connectivity index (χ0v) is 19.5. The first-order chi connectivity index (χ1) is 14.6. The summed E-state index contributed by atoms with van der Waals surface area (Å²) in [5, 5.41) is 9.14. The summed E-state index contributed by atoms with van der Waals surface area (Å²) in [7, 11) is 0. The van der Waals surface area contributed by atoms with Crippen LogP contribution in [-0.2, 0) is 14.4 Å². The standard InChI is InChI=1S/C27H38O4/c1-16(6-5-7-17(2)25(30)31)24-23(29)15-22-20-9-8-18-14-19(28)10-12-26(18,3)21(20)11-13-27(22,24)4/h10,12,14,16-17,20-22,24H,5-9,11,13,15H2,1-4H3,(H,30,31)/t16-,17?,20-,21+,22+,24+,26+,27+/m1/s1. The van der Waals surface area contributed by atoms with Crippen LogP contribution in [0.1, 0.15) is 79.1 Å². The summed E-state index contributed by atoms with van der Waals surface area (Å²) in [4.78, 5) is 36.4. The summed E-state index contributed by atoms with van der Waals surface area (Å²) < 4.78 is 0. The van der Waals surface area contributed by atoms with Gasteiger partial charge in [0.25, 0.3) is 0 Å². The minimum atomic E-state index is -0.729. The highest BCUT2D eigenvalue weighted by Crippen LogP contribution is 2.66. The summed E-state index contributed by atoms with van der Waals surface area (Å²) >= 11 is 0. The number of hydrogen-bond acceptors (Lipinski definition) is 3. The predicted molar refractivity (Wildman–Crippen MR) is 120 cm³/mol. The second kappa shape index (κ2) is 8.01. The fourth-order valence-corrected chi connectivity index (χ4v) is 8.03. The van der Waals surface area contributed by atoms with Gasteiger partial charge in [0.2, 0.25) is 0 Å². The van der Waals surface area contributed by atoms with Crippen molar-refractivity contribution in [2.24, 2.45) is 46.3 Å². The van der Waals surface area contributed by atoms with Gasteiger partial charge in [-0.05, 0) is 79.8 Å². The zero-order chi connectivity index (χ0) is 22.6. The number of carbonyl (C=O) groups is 3. The van der Waals surface area contributed by atoms with Gasteiger partial charge in [-0.3, -0.25) is 14.4 Å². The van der Waals surface area contributed by atoms with Crippen molar-refractivity contribution in [3.05, 3.63) is 23.8 Å². The average molecular weight is 427 g/mol. The van der Waals surface area contributed by atoms with Gasteiger partial charge in [0.05, 0.1) is 5.92 Å². The molecule has 4 heteroatoms. The Kier molecular flexibility index (Phi) is 5.81. The first-order valence-corrected chi connectivity index (χ1v) is 12.3. The van der Waals surface area contributed by atoms with E-state index in [0.29, 0.717) is 42.3 Å². The van der Waals surface area contributed by atoms with Crippen LogP contribution in [-0.4, -0.2) is 22.6 Å². The average Bonchev–Trinajstić information content (AvgIpc) is 2.98. The van der Waals surface area contributed by atoms with Crippen molar-refractivity contribution < 1.29 is 19.5 Å². The summed E-state index contributed by atoms with van der Waals surface area (Å²) in [5.41, 5.74) is 1.33. The zero-order valence-electron chi connectivity index (χ0n) is 19.5. The highest BCUT2D eigenvalue weighted by atomic mass is 16.4. The second-order valence-corrected chi connectivity index (χ2v) is 11.4. The number of fused-ring (bicyclic) bond motifs is 5. The van der Waals surface area contributed by atoms with Gasteiger partial charge in [-0.15, -0.1) is 0 Å².